The SMILES string of the molecule is CC1(C)OB(c2ccc(F)c3[nH]c(=O)[nH]c23)OC1(C)C. The molecule has 0 amide bonds. The number of hydrogen-bond donors (Lipinski definition) is 2. The van der Waals surface area contributed by atoms with E-state index in [-0.39, 0.29) is 5.52 Å². The van der Waals surface area contributed by atoms with Gasteiger partial charge in [-0.05, 0) is 33.8 Å². The predicted molar refractivity (Wildman–Crippen MR) is 74.6 cm³/mol. The van der Waals surface area contributed by atoms with Gasteiger partial charge in [-0.1, -0.05) is 6.07 Å². The van der Waals surface area contributed by atoms with Crippen LogP contribution in [0.4, 0.5) is 4.39 Å². The van der Waals surface area contributed by atoms with Crippen molar-refractivity contribution in [1.29, 1.82) is 0 Å². The first-order valence-corrected chi connectivity index (χ1v) is 6.47. The summed E-state index contributed by atoms with van der Waals surface area (Å²) < 4.78 is 25.6. The first-order chi connectivity index (χ1) is 9.21. The fourth-order valence-corrected chi connectivity index (χ4v) is 2.27. The largest absolute Gasteiger partial charge is 0.497 e. The number of nitrogens with one attached hydrogen (secondary N) is 2. The van der Waals surface area contributed by atoms with Crippen molar-refractivity contribution in [1.82, 2.24) is 9.97 Å². The van der Waals surface area contributed by atoms with Gasteiger partial charge in [0.05, 0.1) is 16.7 Å². The minimum atomic E-state index is -0.644. The first kappa shape index (κ1) is 13.4. The second kappa shape index (κ2) is 3.96. The van der Waals surface area contributed by atoms with E-state index in [1.165, 1.54) is 6.07 Å². The molecule has 20 heavy (non-hydrogen) atoms. The van der Waals surface area contributed by atoms with Gasteiger partial charge >= 0.3 is 12.8 Å². The van der Waals surface area contributed by atoms with E-state index >= 15 is 0 Å². The Labute approximate surface area is 115 Å². The summed E-state index contributed by atoms with van der Waals surface area (Å²) in [4.78, 5) is 16.4. The second-order valence-corrected chi connectivity index (χ2v) is 6.05. The van der Waals surface area contributed by atoms with Gasteiger partial charge in [-0.2, -0.15) is 0 Å². The van der Waals surface area contributed by atoms with Gasteiger partial charge in [0.1, 0.15) is 11.3 Å². The molecule has 0 bridgehead atoms. The van der Waals surface area contributed by atoms with E-state index < -0.39 is 29.8 Å². The fraction of sp³-hybridized carbons (Fsp3) is 0.462. The molecular formula is C13H16BFN2O3. The summed E-state index contributed by atoms with van der Waals surface area (Å²) >= 11 is 0. The van der Waals surface area contributed by atoms with E-state index in [1.807, 2.05) is 27.7 Å². The van der Waals surface area contributed by atoms with E-state index in [0.29, 0.717) is 11.0 Å². The maximum Gasteiger partial charge on any atom is 0.497 e. The second-order valence-electron chi connectivity index (χ2n) is 6.05. The number of aromatic nitrogens is 2. The molecule has 1 fully saturated rings. The highest BCUT2D eigenvalue weighted by Crippen LogP contribution is 2.36. The van der Waals surface area contributed by atoms with Crippen molar-refractivity contribution in [2.75, 3.05) is 0 Å². The van der Waals surface area contributed by atoms with Gasteiger partial charge in [0.2, 0.25) is 0 Å². The van der Waals surface area contributed by atoms with Crippen molar-refractivity contribution in [3.8, 4) is 0 Å². The predicted octanol–water partition coefficient (Wildman–Crippen LogP) is 1.29. The van der Waals surface area contributed by atoms with Crippen LogP contribution in [-0.4, -0.2) is 28.3 Å². The van der Waals surface area contributed by atoms with Gasteiger partial charge in [0.25, 0.3) is 0 Å². The Hall–Kier alpha value is -1.60. The average molecular weight is 278 g/mol. The summed E-state index contributed by atoms with van der Waals surface area (Å²) in [5.74, 6) is -0.487. The Morgan fingerprint density at radius 2 is 1.60 bits per heavy atom. The first-order valence-electron chi connectivity index (χ1n) is 6.47. The highest BCUT2D eigenvalue weighted by molar-refractivity contribution is 6.64. The van der Waals surface area contributed by atoms with Gasteiger partial charge in [-0.3, -0.25) is 0 Å². The lowest BCUT2D eigenvalue weighted by Crippen LogP contribution is -2.41. The zero-order valence-electron chi connectivity index (χ0n) is 11.8. The molecule has 0 unspecified atom stereocenters. The van der Waals surface area contributed by atoms with Crippen LogP contribution >= 0.6 is 0 Å². The molecule has 1 aliphatic heterocycles. The normalized spacial score (nSPS) is 20.8. The van der Waals surface area contributed by atoms with E-state index in [4.69, 9.17) is 9.31 Å². The molecule has 1 aromatic carbocycles. The quantitative estimate of drug-likeness (QED) is 0.772. The van der Waals surface area contributed by atoms with E-state index in [1.54, 1.807) is 6.07 Å². The van der Waals surface area contributed by atoms with Crippen molar-refractivity contribution < 1.29 is 13.7 Å². The number of imidazole rings is 1. The van der Waals surface area contributed by atoms with Gasteiger partial charge < -0.3 is 19.3 Å². The van der Waals surface area contributed by atoms with Crippen LogP contribution in [0.2, 0.25) is 0 Å². The van der Waals surface area contributed by atoms with Crippen LogP contribution in [0.15, 0.2) is 16.9 Å². The molecule has 2 aromatic rings. The van der Waals surface area contributed by atoms with Crippen molar-refractivity contribution in [3.05, 3.63) is 28.4 Å². The lowest BCUT2D eigenvalue weighted by atomic mass is 9.78. The third-order valence-corrected chi connectivity index (χ3v) is 4.17. The number of aromatic amines is 2. The van der Waals surface area contributed by atoms with Crippen LogP contribution in [0.25, 0.3) is 11.0 Å². The van der Waals surface area contributed by atoms with Crippen molar-refractivity contribution in [3.63, 3.8) is 0 Å². The highest BCUT2D eigenvalue weighted by atomic mass is 19.1. The Morgan fingerprint density at radius 3 is 2.20 bits per heavy atom. The van der Waals surface area contributed by atoms with Gasteiger partial charge in [-0.25, -0.2) is 9.18 Å². The van der Waals surface area contributed by atoms with Crippen LogP contribution in [0.5, 0.6) is 0 Å². The molecule has 0 spiro atoms. The van der Waals surface area contributed by atoms with Gasteiger partial charge in [0, 0.05) is 5.46 Å². The van der Waals surface area contributed by atoms with Gasteiger partial charge in [-0.15, -0.1) is 0 Å². The minimum Gasteiger partial charge on any atom is -0.399 e. The summed E-state index contributed by atoms with van der Waals surface area (Å²) in [5.41, 5.74) is -0.304. The maximum atomic E-state index is 13.7. The molecule has 0 aliphatic carbocycles. The van der Waals surface area contributed by atoms with E-state index in [0.717, 1.165) is 0 Å². The van der Waals surface area contributed by atoms with Crippen molar-refractivity contribution in [2.45, 2.75) is 38.9 Å². The van der Waals surface area contributed by atoms with Crippen LogP contribution in [-0.2, 0) is 9.31 Å². The molecule has 0 radical (unpaired) electrons. The van der Waals surface area contributed by atoms with Crippen LogP contribution < -0.4 is 11.2 Å². The molecule has 106 valence electrons. The zero-order chi connectivity index (χ0) is 14.7. The van der Waals surface area contributed by atoms with Crippen LogP contribution in [0.1, 0.15) is 27.7 Å². The van der Waals surface area contributed by atoms with Crippen molar-refractivity contribution in [2.24, 2.45) is 0 Å². The van der Waals surface area contributed by atoms with Crippen LogP contribution in [0, 0.1) is 5.82 Å². The molecule has 5 nitrogen and oxygen atoms in total. The molecule has 0 atom stereocenters. The monoisotopic (exact) mass is 278 g/mol. The van der Waals surface area contributed by atoms with E-state index in [2.05, 4.69) is 9.97 Å². The number of rotatable bonds is 1. The van der Waals surface area contributed by atoms with E-state index in [9.17, 15) is 9.18 Å². The lowest BCUT2D eigenvalue weighted by molar-refractivity contribution is 0.00578. The number of fused-ring (bicyclic) bond motifs is 1. The Balaban J connectivity index is 2.13. The summed E-state index contributed by atoms with van der Waals surface area (Å²) in [6.07, 6.45) is 0. The molecule has 2 heterocycles. The summed E-state index contributed by atoms with van der Waals surface area (Å²) in [6, 6.07) is 2.87. The molecule has 0 saturated carbocycles. The molecular weight excluding hydrogens is 262 g/mol. The Morgan fingerprint density at radius 1 is 1.05 bits per heavy atom. The average Bonchev–Trinajstić information content (AvgIpc) is 2.78. The highest BCUT2D eigenvalue weighted by Gasteiger charge is 2.52. The Bertz CT molecular complexity index is 719. The number of hydrogen-bond acceptors (Lipinski definition) is 3. The maximum absolute atomic E-state index is 13.7. The standard InChI is InChI=1S/C13H16BFN2O3/c1-12(2)13(3,4)20-14(19-12)7-5-6-8(15)10-9(7)16-11(18)17-10/h5-6H,1-4H3,(H2,16,17,18). The summed E-state index contributed by atoms with van der Waals surface area (Å²) in [6.45, 7) is 7.75. The third kappa shape index (κ3) is 1.81. The minimum absolute atomic E-state index is 0.141. The smallest absolute Gasteiger partial charge is 0.399 e. The Kier molecular flexibility index (Phi) is 2.65. The zero-order valence-corrected chi connectivity index (χ0v) is 11.8. The molecule has 7 heteroatoms. The third-order valence-electron chi connectivity index (χ3n) is 4.17. The summed E-state index contributed by atoms with van der Waals surface area (Å²) in [7, 11) is -0.644. The number of benzene rings is 1. The lowest BCUT2D eigenvalue weighted by Gasteiger charge is -2.32. The van der Waals surface area contributed by atoms with Crippen molar-refractivity contribution >= 4 is 23.6 Å². The molecule has 2 N–H and O–H groups in total. The molecule has 1 aromatic heterocycles. The van der Waals surface area contributed by atoms with Gasteiger partial charge in [0.15, 0.2) is 0 Å². The van der Waals surface area contributed by atoms with Crippen LogP contribution in [0.3, 0.4) is 0 Å². The number of halogens is 1. The molecule has 3 rings (SSSR count). The summed E-state index contributed by atoms with van der Waals surface area (Å²) in [5, 5.41) is 0. The number of H-pyrrole nitrogens is 2. The fourth-order valence-electron chi connectivity index (χ4n) is 2.27. The molecule has 1 aliphatic rings. The molecule has 1 saturated heterocycles. The topological polar surface area (TPSA) is 67.1 Å².